The van der Waals surface area contributed by atoms with Gasteiger partial charge in [0.15, 0.2) is 0 Å². The van der Waals surface area contributed by atoms with Crippen LogP contribution in [0.5, 0.6) is 0 Å². The van der Waals surface area contributed by atoms with Gasteiger partial charge in [0.1, 0.15) is 5.71 Å². The van der Waals surface area contributed by atoms with E-state index >= 15 is 0 Å². The number of carbonyl (C=O) groups is 2. The van der Waals surface area contributed by atoms with Crippen LogP contribution in [-0.4, -0.2) is 48.6 Å². The van der Waals surface area contributed by atoms with Gasteiger partial charge in [-0.3, -0.25) is 9.59 Å². The monoisotopic (exact) mass is 430 g/mol. The third-order valence-electron chi connectivity index (χ3n) is 5.39. The van der Waals surface area contributed by atoms with Gasteiger partial charge >= 0.3 is 6.18 Å². The molecule has 2 aromatic rings. The number of carbonyl (C=O) groups excluding carboxylic acids is 2. The zero-order chi connectivity index (χ0) is 22.0. The number of rotatable bonds is 3. The Morgan fingerprint density at radius 2 is 1.55 bits per heavy atom. The first-order chi connectivity index (χ1) is 14.8. The van der Waals surface area contributed by atoms with Gasteiger partial charge in [0.05, 0.1) is 11.3 Å². The number of hydrazone groups is 1. The van der Waals surface area contributed by atoms with Gasteiger partial charge in [0.2, 0.25) is 5.91 Å². The zero-order valence-corrected chi connectivity index (χ0v) is 16.7. The summed E-state index contributed by atoms with van der Waals surface area (Å²) in [6.45, 7) is 1.57. The predicted molar refractivity (Wildman–Crippen MR) is 111 cm³/mol. The minimum absolute atomic E-state index is 0.169. The van der Waals surface area contributed by atoms with Gasteiger partial charge < -0.3 is 9.80 Å². The molecule has 0 radical (unpaired) electrons. The molecule has 2 heterocycles. The summed E-state index contributed by atoms with van der Waals surface area (Å²) < 4.78 is 38.9. The molecule has 162 valence electrons. The van der Waals surface area contributed by atoms with E-state index < -0.39 is 11.7 Å². The number of amides is 2. The lowest BCUT2D eigenvalue weighted by atomic mass is 10.1. The number of nitrogens with zero attached hydrogens (tertiary/aromatic N) is 4. The number of anilines is 2. The number of para-hydroxylation sites is 1. The van der Waals surface area contributed by atoms with Gasteiger partial charge in [-0.2, -0.15) is 18.3 Å². The second kappa shape index (κ2) is 8.41. The van der Waals surface area contributed by atoms with Crippen molar-refractivity contribution >= 4 is 28.9 Å². The fourth-order valence-electron chi connectivity index (χ4n) is 3.71. The molecule has 0 unspecified atom stereocenters. The van der Waals surface area contributed by atoms with E-state index in [9.17, 15) is 22.8 Å². The standard InChI is InChI=1S/C22H21F3N4O2/c23-22(24,25)16-5-4-8-18(15-16)27-11-13-28(14-12-27)21(31)19-9-10-20(30)29(26-19)17-6-2-1-3-7-17/h1-8,15H,9-14H2. The molecule has 4 rings (SSSR count). The molecule has 0 atom stereocenters. The summed E-state index contributed by atoms with van der Waals surface area (Å²) in [6.07, 6.45) is -3.92. The van der Waals surface area contributed by atoms with Crippen molar-refractivity contribution in [2.75, 3.05) is 36.1 Å². The summed E-state index contributed by atoms with van der Waals surface area (Å²) >= 11 is 0. The third-order valence-corrected chi connectivity index (χ3v) is 5.39. The molecule has 2 amide bonds. The van der Waals surface area contributed by atoms with Crippen LogP contribution >= 0.6 is 0 Å². The van der Waals surface area contributed by atoms with Crippen LogP contribution in [0.4, 0.5) is 24.5 Å². The van der Waals surface area contributed by atoms with Gasteiger partial charge in [-0.05, 0) is 30.3 Å². The highest BCUT2D eigenvalue weighted by molar-refractivity contribution is 6.40. The SMILES string of the molecule is O=C(C1=NN(c2ccccc2)C(=O)CC1)N1CCN(c2cccc(C(F)(F)F)c2)CC1. The number of hydrogen-bond donors (Lipinski definition) is 0. The average Bonchev–Trinajstić information content (AvgIpc) is 2.79. The fourth-order valence-corrected chi connectivity index (χ4v) is 3.71. The van der Waals surface area contributed by atoms with E-state index in [1.807, 2.05) is 11.0 Å². The Balaban J connectivity index is 1.43. The van der Waals surface area contributed by atoms with Crippen molar-refractivity contribution in [2.24, 2.45) is 5.10 Å². The zero-order valence-electron chi connectivity index (χ0n) is 16.7. The van der Waals surface area contributed by atoms with Crippen molar-refractivity contribution < 1.29 is 22.8 Å². The Kier molecular flexibility index (Phi) is 5.67. The summed E-state index contributed by atoms with van der Waals surface area (Å²) in [5.41, 5.74) is 0.714. The Labute approximate surface area is 177 Å². The Morgan fingerprint density at radius 3 is 2.23 bits per heavy atom. The van der Waals surface area contributed by atoms with Gasteiger partial charge in [-0.1, -0.05) is 24.3 Å². The van der Waals surface area contributed by atoms with E-state index in [1.165, 1.54) is 11.1 Å². The van der Waals surface area contributed by atoms with Gasteiger partial charge in [0, 0.05) is 44.7 Å². The average molecular weight is 430 g/mol. The van der Waals surface area contributed by atoms with Gasteiger partial charge in [-0.15, -0.1) is 0 Å². The van der Waals surface area contributed by atoms with Crippen LogP contribution in [0.2, 0.25) is 0 Å². The van der Waals surface area contributed by atoms with Crippen molar-refractivity contribution in [3.05, 3.63) is 60.2 Å². The van der Waals surface area contributed by atoms with E-state index in [2.05, 4.69) is 5.10 Å². The molecule has 0 aliphatic carbocycles. The summed E-state index contributed by atoms with van der Waals surface area (Å²) in [7, 11) is 0. The molecular formula is C22H21F3N4O2. The molecule has 9 heteroatoms. The van der Waals surface area contributed by atoms with Gasteiger partial charge in [0.25, 0.3) is 5.91 Å². The van der Waals surface area contributed by atoms with Crippen molar-refractivity contribution in [3.8, 4) is 0 Å². The van der Waals surface area contributed by atoms with Crippen LogP contribution in [0.1, 0.15) is 18.4 Å². The molecule has 0 spiro atoms. The number of piperazine rings is 1. The minimum atomic E-state index is -4.39. The van der Waals surface area contributed by atoms with Crippen LogP contribution < -0.4 is 9.91 Å². The molecule has 6 nitrogen and oxygen atoms in total. The van der Waals surface area contributed by atoms with Crippen molar-refractivity contribution in [1.29, 1.82) is 0 Å². The van der Waals surface area contributed by atoms with Crippen LogP contribution in [0.3, 0.4) is 0 Å². The Hall–Kier alpha value is -3.36. The largest absolute Gasteiger partial charge is 0.416 e. The van der Waals surface area contributed by atoms with Crippen LogP contribution in [-0.2, 0) is 15.8 Å². The topological polar surface area (TPSA) is 56.2 Å². The molecule has 2 aliphatic heterocycles. The third kappa shape index (κ3) is 4.55. The summed E-state index contributed by atoms with van der Waals surface area (Å²) in [4.78, 5) is 28.7. The van der Waals surface area contributed by atoms with E-state index in [-0.39, 0.29) is 24.7 Å². The van der Waals surface area contributed by atoms with Crippen molar-refractivity contribution in [3.63, 3.8) is 0 Å². The van der Waals surface area contributed by atoms with Crippen molar-refractivity contribution in [2.45, 2.75) is 19.0 Å². The van der Waals surface area contributed by atoms with E-state index in [0.29, 0.717) is 43.3 Å². The smallest absolute Gasteiger partial charge is 0.368 e. The molecule has 0 saturated carbocycles. The normalized spacial score (nSPS) is 17.6. The molecule has 0 aromatic heterocycles. The highest BCUT2D eigenvalue weighted by atomic mass is 19.4. The van der Waals surface area contributed by atoms with E-state index in [4.69, 9.17) is 0 Å². The second-order valence-electron chi connectivity index (χ2n) is 7.42. The first kappa shape index (κ1) is 20.9. The number of benzene rings is 2. The highest BCUT2D eigenvalue weighted by Gasteiger charge is 2.32. The Morgan fingerprint density at radius 1 is 0.871 bits per heavy atom. The van der Waals surface area contributed by atoms with E-state index in [1.54, 1.807) is 35.2 Å². The molecule has 1 fully saturated rings. The van der Waals surface area contributed by atoms with Crippen molar-refractivity contribution in [1.82, 2.24) is 4.90 Å². The van der Waals surface area contributed by atoms with E-state index in [0.717, 1.165) is 12.1 Å². The first-order valence-corrected chi connectivity index (χ1v) is 10.00. The second-order valence-corrected chi connectivity index (χ2v) is 7.42. The van der Waals surface area contributed by atoms with Crippen LogP contribution in [0, 0.1) is 0 Å². The highest BCUT2D eigenvalue weighted by Crippen LogP contribution is 2.32. The lowest BCUT2D eigenvalue weighted by molar-refractivity contribution is -0.137. The maximum absolute atomic E-state index is 13.0. The summed E-state index contributed by atoms with van der Waals surface area (Å²) in [6, 6.07) is 14.1. The minimum Gasteiger partial charge on any atom is -0.368 e. The molecule has 2 aliphatic rings. The van der Waals surface area contributed by atoms with Crippen LogP contribution in [0.15, 0.2) is 59.7 Å². The molecule has 0 N–H and O–H groups in total. The number of halogens is 3. The number of alkyl halides is 3. The Bertz CT molecular complexity index is 999. The summed E-state index contributed by atoms with van der Waals surface area (Å²) in [5.74, 6) is -0.408. The van der Waals surface area contributed by atoms with Crippen LogP contribution in [0.25, 0.3) is 0 Å². The molecule has 2 aromatic carbocycles. The quantitative estimate of drug-likeness (QED) is 0.749. The lowest BCUT2D eigenvalue weighted by Crippen LogP contribution is -2.51. The summed E-state index contributed by atoms with van der Waals surface area (Å²) in [5, 5.41) is 5.55. The fraction of sp³-hybridized carbons (Fsp3) is 0.318. The maximum Gasteiger partial charge on any atom is 0.416 e. The molecule has 31 heavy (non-hydrogen) atoms. The number of hydrogen-bond acceptors (Lipinski definition) is 4. The maximum atomic E-state index is 13.0. The lowest BCUT2D eigenvalue weighted by Gasteiger charge is -2.37. The first-order valence-electron chi connectivity index (χ1n) is 10.00. The molecular weight excluding hydrogens is 409 g/mol. The molecule has 1 saturated heterocycles. The molecule has 0 bridgehead atoms. The van der Waals surface area contributed by atoms with Gasteiger partial charge in [-0.25, -0.2) is 5.01 Å². The predicted octanol–water partition coefficient (Wildman–Crippen LogP) is 3.54.